The second-order valence-corrected chi connectivity index (χ2v) is 8.45. The predicted molar refractivity (Wildman–Crippen MR) is 119 cm³/mol. The van der Waals surface area contributed by atoms with E-state index in [-0.39, 0.29) is 12.2 Å². The normalized spacial score (nSPS) is 11.4. The van der Waals surface area contributed by atoms with Crippen LogP contribution in [0.3, 0.4) is 0 Å². The zero-order chi connectivity index (χ0) is 22.9. The maximum atomic E-state index is 13.3. The summed E-state index contributed by atoms with van der Waals surface area (Å²) in [6, 6.07) is 18.5. The number of aromatic nitrogens is 2. The molecule has 162 valence electrons. The van der Waals surface area contributed by atoms with Crippen molar-refractivity contribution in [3.8, 4) is 5.75 Å². The van der Waals surface area contributed by atoms with Gasteiger partial charge in [0.1, 0.15) is 11.3 Å². The van der Waals surface area contributed by atoms with E-state index in [2.05, 4.69) is 10.3 Å². The molecule has 4 N–H and O–H groups in total. The van der Waals surface area contributed by atoms with Crippen LogP contribution in [0.1, 0.15) is 15.9 Å². The lowest BCUT2D eigenvalue weighted by Gasteiger charge is -2.15. The number of pyridine rings is 2. The minimum atomic E-state index is -4.24. The summed E-state index contributed by atoms with van der Waals surface area (Å²) in [5, 5.41) is 18.0. The summed E-state index contributed by atoms with van der Waals surface area (Å²) in [4.78, 5) is 30.0. The summed E-state index contributed by atoms with van der Waals surface area (Å²) >= 11 is 0. The number of carbonyl (C=O) groups excluding carboxylic acids is 1. The molecule has 0 unspecified atom stereocenters. The Balaban J connectivity index is 1.87. The van der Waals surface area contributed by atoms with E-state index < -0.39 is 37.8 Å². The van der Waals surface area contributed by atoms with Gasteiger partial charge >= 0.3 is 0 Å². The monoisotopic (exact) mass is 450 g/mol. The van der Waals surface area contributed by atoms with Crippen LogP contribution in [0.25, 0.3) is 10.9 Å². The molecule has 0 bridgehead atoms. The molecule has 4 aromatic rings. The highest BCUT2D eigenvalue weighted by atomic mass is 32.2. The summed E-state index contributed by atoms with van der Waals surface area (Å²) < 4.78 is 25.0. The van der Waals surface area contributed by atoms with Crippen LogP contribution in [0.4, 0.5) is 5.69 Å². The van der Waals surface area contributed by atoms with Crippen molar-refractivity contribution in [1.82, 2.24) is 9.55 Å². The number of primary sulfonamides is 1. The molecule has 32 heavy (non-hydrogen) atoms. The standard InChI is InChI=1S/C22H18N4O5S/c23-32(30,31)21-16(10-6-12-24-21)25-20(28)18-19(27)15-9-4-5-11-17(15)26(22(18)29)13-14-7-2-1-3-8-14/h1-12,27H,13H2,(H,25,28)(H2,23,30,31). The number of aromatic hydroxyl groups is 1. The van der Waals surface area contributed by atoms with Gasteiger partial charge in [-0.05, 0) is 29.8 Å². The van der Waals surface area contributed by atoms with Crippen molar-refractivity contribution < 1.29 is 18.3 Å². The molecular formula is C22H18N4O5S. The molecule has 0 aliphatic carbocycles. The number of nitrogens with two attached hydrogens (primary N) is 1. The van der Waals surface area contributed by atoms with Crippen molar-refractivity contribution in [1.29, 1.82) is 0 Å². The Morgan fingerprint density at radius 1 is 1.03 bits per heavy atom. The molecule has 0 saturated heterocycles. The number of fused-ring (bicyclic) bond motifs is 1. The second kappa shape index (κ2) is 8.25. The van der Waals surface area contributed by atoms with Gasteiger partial charge in [-0.25, -0.2) is 18.5 Å². The Hall–Kier alpha value is -4.02. The quantitative estimate of drug-likeness (QED) is 0.424. The lowest BCUT2D eigenvalue weighted by molar-refractivity contribution is 0.102. The topological polar surface area (TPSA) is 144 Å². The second-order valence-electron chi connectivity index (χ2n) is 6.97. The summed E-state index contributed by atoms with van der Waals surface area (Å²) in [7, 11) is -4.24. The first kappa shape index (κ1) is 21.2. The number of carbonyl (C=O) groups is 1. The third-order valence-corrected chi connectivity index (χ3v) is 5.71. The molecule has 9 nitrogen and oxygen atoms in total. The van der Waals surface area contributed by atoms with Gasteiger partial charge in [-0.1, -0.05) is 42.5 Å². The number of anilines is 1. The van der Waals surface area contributed by atoms with Gasteiger partial charge in [0.05, 0.1) is 17.7 Å². The van der Waals surface area contributed by atoms with Gasteiger partial charge in [0.2, 0.25) is 0 Å². The molecule has 2 heterocycles. The van der Waals surface area contributed by atoms with Crippen LogP contribution in [0, 0.1) is 0 Å². The maximum absolute atomic E-state index is 13.3. The van der Waals surface area contributed by atoms with Gasteiger partial charge in [-0.3, -0.25) is 9.59 Å². The number of rotatable bonds is 5. The van der Waals surface area contributed by atoms with E-state index in [9.17, 15) is 23.1 Å². The SMILES string of the molecule is NS(=O)(=O)c1ncccc1NC(=O)c1c(O)c2ccccc2n(Cc2ccccc2)c1=O. The summed E-state index contributed by atoms with van der Waals surface area (Å²) in [6.07, 6.45) is 1.20. The fourth-order valence-corrected chi connectivity index (χ4v) is 4.05. The van der Waals surface area contributed by atoms with Crippen molar-refractivity contribution >= 4 is 32.5 Å². The molecule has 10 heteroatoms. The number of hydrogen-bond donors (Lipinski definition) is 3. The van der Waals surface area contributed by atoms with Gasteiger partial charge in [0.25, 0.3) is 21.5 Å². The molecule has 0 atom stereocenters. The minimum Gasteiger partial charge on any atom is -0.506 e. The first-order valence-corrected chi connectivity index (χ1v) is 11.0. The number of nitrogens with zero attached hydrogens (tertiary/aromatic N) is 2. The average molecular weight is 450 g/mol. The van der Waals surface area contributed by atoms with E-state index in [0.717, 1.165) is 5.56 Å². The average Bonchev–Trinajstić information content (AvgIpc) is 2.77. The highest BCUT2D eigenvalue weighted by molar-refractivity contribution is 7.89. The fraction of sp³-hybridized carbons (Fsp3) is 0.0455. The molecule has 2 aromatic heterocycles. The third-order valence-electron chi connectivity index (χ3n) is 4.85. The van der Waals surface area contributed by atoms with Crippen LogP contribution in [-0.4, -0.2) is 29.0 Å². The van der Waals surface area contributed by atoms with E-state index in [1.807, 2.05) is 30.3 Å². The Bertz CT molecular complexity index is 1500. The van der Waals surface area contributed by atoms with Crippen molar-refractivity contribution in [2.24, 2.45) is 5.14 Å². The van der Waals surface area contributed by atoms with E-state index in [1.54, 1.807) is 24.3 Å². The summed E-state index contributed by atoms with van der Waals surface area (Å²) in [5.74, 6) is -1.49. The summed E-state index contributed by atoms with van der Waals surface area (Å²) in [5.41, 5.74) is -0.198. The Kier molecular flexibility index (Phi) is 5.47. The molecule has 2 aromatic carbocycles. The number of sulfonamides is 1. The zero-order valence-electron chi connectivity index (χ0n) is 16.6. The molecule has 1 amide bonds. The van der Waals surface area contributed by atoms with Crippen LogP contribution in [0.2, 0.25) is 0 Å². The van der Waals surface area contributed by atoms with Gasteiger partial charge in [-0.15, -0.1) is 0 Å². The van der Waals surface area contributed by atoms with Gasteiger partial charge in [0.15, 0.2) is 5.03 Å². The molecule has 0 saturated carbocycles. The smallest absolute Gasteiger partial charge is 0.268 e. The highest BCUT2D eigenvalue weighted by Crippen LogP contribution is 2.28. The lowest BCUT2D eigenvalue weighted by Crippen LogP contribution is -2.30. The molecule has 0 radical (unpaired) electrons. The van der Waals surface area contributed by atoms with E-state index in [4.69, 9.17) is 5.14 Å². The van der Waals surface area contributed by atoms with E-state index in [0.29, 0.717) is 10.9 Å². The zero-order valence-corrected chi connectivity index (χ0v) is 17.4. The van der Waals surface area contributed by atoms with Crippen molar-refractivity contribution in [3.05, 3.63) is 94.4 Å². The van der Waals surface area contributed by atoms with E-state index >= 15 is 0 Å². The first-order valence-electron chi connectivity index (χ1n) is 9.45. The van der Waals surface area contributed by atoms with Gasteiger partial charge in [0, 0.05) is 11.6 Å². The van der Waals surface area contributed by atoms with Crippen LogP contribution in [0.5, 0.6) is 5.75 Å². The molecule has 0 aliphatic rings. The fourth-order valence-electron chi connectivity index (χ4n) is 3.41. The first-order chi connectivity index (χ1) is 15.3. The van der Waals surface area contributed by atoms with Crippen LogP contribution in [0.15, 0.2) is 82.7 Å². The van der Waals surface area contributed by atoms with Crippen molar-refractivity contribution in [3.63, 3.8) is 0 Å². The van der Waals surface area contributed by atoms with Gasteiger partial charge < -0.3 is 15.0 Å². The molecule has 0 aliphatic heterocycles. The Labute approximate surface area is 182 Å². The van der Waals surface area contributed by atoms with E-state index in [1.165, 1.54) is 22.9 Å². The minimum absolute atomic E-state index is 0.163. The number of para-hydroxylation sites is 1. The van der Waals surface area contributed by atoms with Crippen LogP contribution < -0.4 is 16.0 Å². The molecular weight excluding hydrogens is 432 g/mol. The third kappa shape index (κ3) is 3.96. The maximum Gasteiger partial charge on any atom is 0.268 e. The lowest BCUT2D eigenvalue weighted by atomic mass is 10.1. The van der Waals surface area contributed by atoms with Crippen molar-refractivity contribution in [2.75, 3.05) is 5.32 Å². The number of nitrogens with one attached hydrogen (secondary N) is 1. The number of benzene rings is 2. The number of hydrogen-bond acceptors (Lipinski definition) is 6. The van der Waals surface area contributed by atoms with Gasteiger partial charge in [-0.2, -0.15) is 0 Å². The molecule has 4 rings (SSSR count). The molecule has 0 spiro atoms. The Morgan fingerprint density at radius 3 is 2.44 bits per heavy atom. The van der Waals surface area contributed by atoms with Crippen molar-refractivity contribution in [2.45, 2.75) is 11.6 Å². The molecule has 0 fully saturated rings. The van der Waals surface area contributed by atoms with Crippen LogP contribution >= 0.6 is 0 Å². The highest BCUT2D eigenvalue weighted by Gasteiger charge is 2.24. The summed E-state index contributed by atoms with van der Waals surface area (Å²) in [6.45, 7) is 0.163. The Morgan fingerprint density at radius 2 is 1.72 bits per heavy atom. The largest absolute Gasteiger partial charge is 0.506 e. The number of amides is 1. The van der Waals surface area contributed by atoms with Crippen LogP contribution in [-0.2, 0) is 16.6 Å². The predicted octanol–water partition coefficient (Wildman–Crippen LogP) is 2.05.